The first-order valence-corrected chi connectivity index (χ1v) is 9.06. The summed E-state index contributed by atoms with van der Waals surface area (Å²) in [4.78, 5) is 24.7. The van der Waals surface area contributed by atoms with Crippen molar-refractivity contribution in [3.05, 3.63) is 28.7 Å². The van der Waals surface area contributed by atoms with Gasteiger partial charge in [-0.2, -0.15) is 0 Å². The zero-order valence-corrected chi connectivity index (χ0v) is 16.0. The number of alkyl halides is 2. The molecule has 1 aromatic carbocycles. The third kappa shape index (κ3) is 4.14. The Bertz CT molecular complexity index is 915. The van der Waals surface area contributed by atoms with Gasteiger partial charge in [-0.3, -0.25) is 14.5 Å². The Morgan fingerprint density at radius 1 is 1.22 bits per heavy atom. The standard InChI is InChI=1S/C19H25F2N3O3/c1-18(2,3)27-16(25)22-12-5-6-14-15(11-12)24(17(26)23(14)4)13-7-9-19(20,21)10-8-13/h5-6,11,13H,7-10H2,1-4H3,(H,22,25). The van der Waals surface area contributed by atoms with Crippen LogP contribution >= 0.6 is 0 Å². The van der Waals surface area contributed by atoms with Crippen molar-refractivity contribution in [1.29, 1.82) is 0 Å². The number of benzene rings is 1. The van der Waals surface area contributed by atoms with Crippen molar-refractivity contribution in [2.24, 2.45) is 7.05 Å². The Labute approximate surface area is 156 Å². The minimum Gasteiger partial charge on any atom is -0.444 e. The summed E-state index contributed by atoms with van der Waals surface area (Å²) in [5, 5.41) is 2.66. The Morgan fingerprint density at radius 3 is 2.44 bits per heavy atom. The highest BCUT2D eigenvalue weighted by Gasteiger charge is 2.36. The first kappa shape index (κ1) is 19.4. The molecule has 6 nitrogen and oxygen atoms in total. The minimum absolute atomic E-state index is 0.226. The van der Waals surface area contributed by atoms with Gasteiger partial charge in [-0.1, -0.05) is 0 Å². The monoisotopic (exact) mass is 381 g/mol. The van der Waals surface area contributed by atoms with Crippen molar-refractivity contribution >= 4 is 22.8 Å². The van der Waals surface area contributed by atoms with Gasteiger partial charge in [0.1, 0.15) is 5.60 Å². The number of nitrogens with one attached hydrogen (secondary N) is 1. The summed E-state index contributed by atoms with van der Waals surface area (Å²) < 4.78 is 35.3. The molecule has 1 aromatic heterocycles. The van der Waals surface area contributed by atoms with Crippen molar-refractivity contribution in [1.82, 2.24) is 9.13 Å². The molecule has 0 radical (unpaired) electrons. The molecule has 148 valence electrons. The van der Waals surface area contributed by atoms with Crippen LogP contribution in [0.5, 0.6) is 0 Å². The molecule has 1 heterocycles. The van der Waals surface area contributed by atoms with Crippen molar-refractivity contribution in [2.75, 3.05) is 5.32 Å². The third-order valence-corrected chi connectivity index (χ3v) is 4.79. The number of anilines is 1. The number of imidazole rings is 1. The van der Waals surface area contributed by atoms with Crippen molar-refractivity contribution in [3.8, 4) is 0 Å². The number of carbonyl (C=O) groups excluding carboxylic acids is 1. The number of halogens is 2. The zero-order chi connectivity index (χ0) is 20.0. The van der Waals surface area contributed by atoms with Crippen LogP contribution in [0.2, 0.25) is 0 Å². The molecule has 1 N–H and O–H groups in total. The van der Waals surface area contributed by atoms with E-state index < -0.39 is 17.6 Å². The van der Waals surface area contributed by atoms with E-state index in [-0.39, 0.29) is 37.4 Å². The van der Waals surface area contributed by atoms with Gasteiger partial charge >= 0.3 is 11.8 Å². The molecule has 0 unspecified atom stereocenters. The highest BCUT2D eigenvalue weighted by Crippen LogP contribution is 2.39. The Kier molecular flexibility index (Phi) is 4.78. The van der Waals surface area contributed by atoms with Gasteiger partial charge in [0, 0.05) is 31.6 Å². The topological polar surface area (TPSA) is 65.3 Å². The molecule has 27 heavy (non-hydrogen) atoms. The van der Waals surface area contributed by atoms with Crippen molar-refractivity contribution in [2.45, 2.75) is 64.0 Å². The number of carbonyl (C=O) groups is 1. The number of fused-ring (bicyclic) bond motifs is 1. The lowest BCUT2D eigenvalue weighted by Gasteiger charge is -2.29. The van der Waals surface area contributed by atoms with Crippen LogP contribution in [0.15, 0.2) is 23.0 Å². The second kappa shape index (κ2) is 6.65. The van der Waals surface area contributed by atoms with Crippen LogP contribution in [0.25, 0.3) is 11.0 Å². The van der Waals surface area contributed by atoms with Crippen molar-refractivity contribution < 1.29 is 18.3 Å². The van der Waals surface area contributed by atoms with Crippen molar-refractivity contribution in [3.63, 3.8) is 0 Å². The molecule has 0 saturated heterocycles. The lowest BCUT2D eigenvalue weighted by molar-refractivity contribution is -0.0439. The molecule has 1 amide bonds. The molecule has 2 aromatic rings. The maximum atomic E-state index is 13.5. The van der Waals surface area contributed by atoms with Crippen LogP contribution in [0, 0.1) is 0 Å². The predicted molar refractivity (Wildman–Crippen MR) is 99.5 cm³/mol. The molecule has 0 bridgehead atoms. The number of amides is 1. The van der Waals surface area contributed by atoms with Crippen LogP contribution in [-0.4, -0.2) is 26.8 Å². The summed E-state index contributed by atoms with van der Waals surface area (Å²) in [6, 6.07) is 4.83. The number of hydrogen-bond acceptors (Lipinski definition) is 3. The molecular formula is C19H25F2N3O3. The maximum Gasteiger partial charge on any atom is 0.412 e. The molecule has 1 aliphatic carbocycles. The van der Waals surface area contributed by atoms with E-state index in [2.05, 4.69) is 5.32 Å². The van der Waals surface area contributed by atoms with E-state index in [4.69, 9.17) is 4.74 Å². The molecule has 1 saturated carbocycles. The molecule has 0 aliphatic heterocycles. The molecule has 3 rings (SSSR count). The van der Waals surface area contributed by atoms with E-state index in [0.29, 0.717) is 16.7 Å². The van der Waals surface area contributed by atoms with E-state index in [1.165, 1.54) is 4.57 Å². The van der Waals surface area contributed by atoms with Gasteiger partial charge in [0.15, 0.2) is 0 Å². The molecule has 1 fully saturated rings. The summed E-state index contributed by atoms with van der Waals surface area (Å²) in [5.74, 6) is -2.66. The molecule has 0 atom stereocenters. The fourth-order valence-corrected chi connectivity index (χ4v) is 3.50. The van der Waals surface area contributed by atoms with Gasteiger partial charge in [0.05, 0.1) is 11.0 Å². The lowest BCUT2D eigenvalue weighted by atomic mass is 9.92. The smallest absolute Gasteiger partial charge is 0.412 e. The molecule has 0 spiro atoms. The van der Waals surface area contributed by atoms with E-state index in [0.717, 1.165) is 0 Å². The van der Waals surface area contributed by atoms with Crippen LogP contribution in [0.4, 0.5) is 19.3 Å². The summed E-state index contributed by atoms with van der Waals surface area (Å²) in [6.45, 7) is 5.30. The van der Waals surface area contributed by atoms with Gasteiger partial charge in [-0.05, 0) is 51.8 Å². The van der Waals surface area contributed by atoms with Crippen LogP contribution in [-0.2, 0) is 11.8 Å². The van der Waals surface area contributed by atoms with Crippen LogP contribution < -0.4 is 11.0 Å². The van der Waals surface area contributed by atoms with Crippen LogP contribution in [0.1, 0.15) is 52.5 Å². The second-order valence-electron chi connectivity index (χ2n) is 8.13. The SMILES string of the molecule is Cn1c(=O)n(C2CCC(F)(F)CC2)c2cc(NC(=O)OC(C)(C)C)ccc21. The number of hydrogen-bond donors (Lipinski definition) is 1. The normalized spacial score (nSPS) is 17.9. The number of nitrogens with zero attached hydrogens (tertiary/aromatic N) is 2. The average molecular weight is 381 g/mol. The fourth-order valence-electron chi connectivity index (χ4n) is 3.50. The number of aromatic nitrogens is 2. The minimum atomic E-state index is -2.66. The zero-order valence-electron chi connectivity index (χ0n) is 16.0. The summed E-state index contributed by atoms with van der Waals surface area (Å²) >= 11 is 0. The lowest BCUT2D eigenvalue weighted by Crippen LogP contribution is -2.32. The quantitative estimate of drug-likeness (QED) is 0.837. The largest absolute Gasteiger partial charge is 0.444 e. The second-order valence-corrected chi connectivity index (χ2v) is 8.13. The number of ether oxygens (including phenoxy) is 1. The van der Waals surface area contributed by atoms with Gasteiger partial charge in [0.25, 0.3) is 0 Å². The van der Waals surface area contributed by atoms with Gasteiger partial charge in [-0.25, -0.2) is 18.4 Å². The Morgan fingerprint density at radius 2 is 1.85 bits per heavy atom. The van der Waals surface area contributed by atoms with Gasteiger partial charge in [-0.15, -0.1) is 0 Å². The van der Waals surface area contributed by atoms with E-state index in [1.807, 2.05) is 0 Å². The number of aryl methyl sites for hydroxylation is 1. The van der Waals surface area contributed by atoms with E-state index >= 15 is 0 Å². The predicted octanol–water partition coefficient (Wildman–Crippen LogP) is 4.44. The summed E-state index contributed by atoms with van der Waals surface area (Å²) in [5.41, 5.74) is 0.918. The average Bonchev–Trinajstić information content (AvgIpc) is 2.77. The highest BCUT2D eigenvalue weighted by molar-refractivity contribution is 5.89. The maximum absolute atomic E-state index is 13.5. The molecule has 8 heteroatoms. The first-order valence-electron chi connectivity index (χ1n) is 9.06. The molecular weight excluding hydrogens is 356 g/mol. The summed E-state index contributed by atoms with van der Waals surface area (Å²) in [6.07, 6.45) is -0.554. The fraction of sp³-hybridized carbons (Fsp3) is 0.579. The first-order chi connectivity index (χ1) is 12.5. The van der Waals surface area contributed by atoms with Crippen LogP contribution in [0.3, 0.4) is 0 Å². The summed E-state index contributed by atoms with van der Waals surface area (Å²) in [7, 11) is 1.65. The Balaban J connectivity index is 1.93. The van der Waals surface area contributed by atoms with E-state index in [9.17, 15) is 18.4 Å². The number of rotatable bonds is 2. The Hall–Kier alpha value is -2.38. The van der Waals surface area contributed by atoms with Gasteiger partial charge in [0.2, 0.25) is 5.92 Å². The highest BCUT2D eigenvalue weighted by atomic mass is 19.3. The van der Waals surface area contributed by atoms with E-state index in [1.54, 1.807) is 50.6 Å². The third-order valence-electron chi connectivity index (χ3n) is 4.79. The molecule has 1 aliphatic rings. The van der Waals surface area contributed by atoms with Gasteiger partial charge < -0.3 is 4.74 Å².